The molecule has 2 aliphatic heterocycles. The molecule has 2 aromatic rings. The van der Waals surface area contributed by atoms with Crippen molar-refractivity contribution >= 4 is 23.7 Å². The van der Waals surface area contributed by atoms with Crippen molar-refractivity contribution in [2.24, 2.45) is 0 Å². The maximum atomic E-state index is 12.6. The first-order chi connectivity index (χ1) is 13.6. The molecular weight excluding hydrogens is 362 g/mol. The second-order valence-electron chi connectivity index (χ2n) is 6.77. The van der Waals surface area contributed by atoms with Crippen molar-refractivity contribution in [1.82, 2.24) is 20.1 Å². The zero-order valence-electron chi connectivity index (χ0n) is 15.3. The minimum absolute atomic E-state index is 0.0389. The Morgan fingerprint density at radius 1 is 1.14 bits per heavy atom. The van der Waals surface area contributed by atoms with Gasteiger partial charge in [0, 0.05) is 32.4 Å². The molecule has 9 nitrogen and oxygen atoms in total. The van der Waals surface area contributed by atoms with E-state index in [1.54, 1.807) is 23.2 Å². The molecule has 4 heterocycles. The van der Waals surface area contributed by atoms with Gasteiger partial charge in [-0.1, -0.05) is 6.07 Å². The number of imide groups is 1. The van der Waals surface area contributed by atoms with Gasteiger partial charge in [0.25, 0.3) is 5.91 Å². The number of carbonyl (C=O) groups excluding carboxylic acids is 3. The number of nitrogens with one attached hydrogen (secondary N) is 1. The summed E-state index contributed by atoms with van der Waals surface area (Å²) in [4.78, 5) is 46.5. The Morgan fingerprint density at radius 2 is 1.96 bits per heavy atom. The molecule has 0 saturated carbocycles. The summed E-state index contributed by atoms with van der Waals surface area (Å²) in [6, 6.07) is 7.80. The second kappa shape index (κ2) is 7.71. The molecule has 0 spiro atoms. The smallest absolute Gasteiger partial charge is 0.325 e. The van der Waals surface area contributed by atoms with E-state index in [0.29, 0.717) is 31.9 Å². The van der Waals surface area contributed by atoms with Crippen LogP contribution in [-0.4, -0.2) is 64.9 Å². The van der Waals surface area contributed by atoms with Crippen molar-refractivity contribution in [3.05, 3.63) is 48.6 Å². The van der Waals surface area contributed by atoms with Gasteiger partial charge in [-0.3, -0.25) is 14.5 Å². The Balaban J connectivity index is 1.30. The average Bonchev–Trinajstić information content (AvgIpc) is 3.33. The minimum Gasteiger partial charge on any atom is -0.467 e. The van der Waals surface area contributed by atoms with Crippen LogP contribution in [0.4, 0.5) is 10.6 Å². The number of pyridine rings is 1. The first-order valence-electron chi connectivity index (χ1n) is 9.20. The van der Waals surface area contributed by atoms with Crippen molar-refractivity contribution in [2.45, 2.75) is 19.0 Å². The Bertz CT molecular complexity index is 846. The van der Waals surface area contributed by atoms with Crippen molar-refractivity contribution in [1.29, 1.82) is 0 Å². The van der Waals surface area contributed by atoms with E-state index in [1.807, 2.05) is 18.2 Å². The summed E-state index contributed by atoms with van der Waals surface area (Å²) in [5, 5.41) is 2.60. The number of carbonyl (C=O) groups is 3. The Morgan fingerprint density at radius 3 is 2.64 bits per heavy atom. The Labute approximate surface area is 161 Å². The lowest BCUT2D eigenvalue weighted by Crippen LogP contribution is -2.50. The molecule has 0 unspecified atom stereocenters. The number of anilines is 1. The molecule has 2 aliphatic rings. The van der Waals surface area contributed by atoms with Gasteiger partial charge in [-0.2, -0.15) is 0 Å². The van der Waals surface area contributed by atoms with Crippen LogP contribution in [0.3, 0.4) is 0 Å². The molecule has 0 bridgehead atoms. The van der Waals surface area contributed by atoms with E-state index in [0.717, 1.165) is 10.7 Å². The first-order valence-corrected chi connectivity index (χ1v) is 9.20. The van der Waals surface area contributed by atoms with Crippen LogP contribution in [0.2, 0.25) is 0 Å². The largest absolute Gasteiger partial charge is 0.467 e. The van der Waals surface area contributed by atoms with Crippen LogP contribution in [0, 0.1) is 0 Å². The number of urea groups is 1. The predicted molar refractivity (Wildman–Crippen MR) is 99.2 cm³/mol. The van der Waals surface area contributed by atoms with E-state index < -0.39 is 18.0 Å². The predicted octanol–water partition coefficient (Wildman–Crippen LogP) is 0.834. The summed E-state index contributed by atoms with van der Waals surface area (Å²) in [5.41, 5.74) is 0. The summed E-state index contributed by atoms with van der Waals surface area (Å²) in [6.07, 6.45) is 3.19. The Hall–Kier alpha value is -3.36. The van der Waals surface area contributed by atoms with Crippen molar-refractivity contribution in [2.75, 3.05) is 31.1 Å². The highest BCUT2D eigenvalue weighted by molar-refractivity contribution is 6.05. The van der Waals surface area contributed by atoms with Gasteiger partial charge in [0.15, 0.2) is 0 Å². The summed E-state index contributed by atoms with van der Waals surface area (Å²) in [7, 11) is 0. The zero-order chi connectivity index (χ0) is 19.5. The standard InChI is InChI=1S/C19H21N5O4/c25-17(23-9-7-22(8-10-23)16-5-1-2-6-20-16)12-15-18(26)24(19(27)21-15)13-14-4-3-11-28-14/h1-6,11,15H,7-10,12-13H2,(H,21,27)/t15-/m0/s1. The van der Waals surface area contributed by atoms with Crippen LogP contribution in [0.5, 0.6) is 0 Å². The first kappa shape index (κ1) is 18.0. The quantitative estimate of drug-likeness (QED) is 0.768. The molecule has 1 N–H and O–H groups in total. The molecule has 1 atom stereocenters. The summed E-state index contributed by atoms with van der Waals surface area (Å²) >= 11 is 0. The lowest BCUT2D eigenvalue weighted by molar-refractivity contribution is -0.136. The van der Waals surface area contributed by atoms with Gasteiger partial charge in [0.2, 0.25) is 5.91 Å². The van der Waals surface area contributed by atoms with Gasteiger partial charge in [-0.25, -0.2) is 9.78 Å². The van der Waals surface area contributed by atoms with Crippen LogP contribution in [0.25, 0.3) is 0 Å². The van der Waals surface area contributed by atoms with E-state index in [2.05, 4.69) is 15.2 Å². The summed E-state index contributed by atoms with van der Waals surface area (Å²) < 4.78 is 5.19. The highest BCUT2D eigenvalue weighted by Crippen LogP contribution is 2.17. The topological polar surface area (TPSA) is 99.0 Å². The number of nitrogens with zero attached hydrogens (tertiary/aromatic N) is 4. The lowest BCUT2D eigenvalue weighted by atomic mass is 10.1. The van der Waals surface area contributed by atoms with E-state index in [4.69, 9.17) is 4.42 Å². The molecule has 2 fully saturated rings. The number of rotatable bonds is 5. The minimum atomic E-state index is -0.830. The third-order valence-electron chi connectivity index (χ3n) is 4.99. The van der Waals surface area contributed by atoms with E-state index in [1.165, 1.54) is 6.26 Å². The molecule has 4 rings (SSSR count). The van der Waals surface area contributed by atoms with Crippen LogP contribution in [0.15, 0.2) is 47.2 Å². The third-order valence-corrected chi connectivity index (χ3v) is 4.99. The number of piperazine rings is 1. The van der Waals surface area contributed by atoms with Gasteiger partial charge < -0.3 is 19.5 Å². The van der Waals surface area contributed by atoms with Crippen LogP contribution in [0.1, 0.15) is 12.2 Å². The van der Waals surface area contributed by atoms with Crippen molar-refractivity contribution in [3.63, 3.8) is 0 Å². The number of hydrogen-bond donors (Lipinski definition) is 1. The summed E-state index contributed by atoms with van der Waals surface area (Å²) in [6.45, 7) is 2.53. The fraction of sp³-hybridized carbons (Fsp3) is 0.368. The average molecular weight is 383 g/mol. The van der Waals surface area contributed by atoms with Gasteiger partial charge in [0.05, 0.1) is 19.2 Å². The Kier molecular flexibility index (Phi) is 4.96. The SMILES string of the molecule is O=C(C[C@@H]1NC(=O)N(Cc2ccco2)C1=O)N1CCN(c2ccccn2)CC1. The van der Waals surface area contributed by atoms with E-state index in [9.17, 15) is 14.4 Å². The second-order valence-corrected chi connectivity index (χ2v) is 6.77. The number of furan rings is 1. The zero-order valence-corrected chi connectivity index (χ0v) is 15.3. The van der Waals surface area contributed by atoms with E-state index >= 15 is 0 Å². The van der Waals surface area contributed by atoms with Crippen molar-refractivity contribution in [3.8, 4) is 0 Å². The van der Waals surface area contributed by atoms with Gasteiger partial charge in [0.1, 0.15) is 17.6 Å². The number of hydrogen-bond acceptors (Lipinski definition) is 6. The fourth-order valence-corrected chi connectivity index (χ4v) is 3.45. The van der Waals surface area contributed by atoms with Gasteiger partial charge >= 0.3 is 6.03 Å². The van der Waals surface area contributed by atoms with Gasteiger partial charge in [-0.05, 0) is 24.3 Å². The fourth-order valence-electron chi connectivity index (χ4n) is 3.45. The maximum absolute atomic E-state index is 12.6. The number of aromatic nitrogens is 1. The molecule has 2 aromatic heterocycles. The molecule has 4 amide bonds. The molecule has 0 aliphatic carbocycles. The van der Waals surface area contributed by atoms with Gasteiger partial charge in [-0.15, -0.1) is 0 Å². The highest BCUT2D eigenvalue weighted by atomic mass is 16.3. The van der Waals surface area contributed by atoms with E-state index in [-0.39, 0.29) is 18.9 Å². The normalized spacial score (nSPS) is 19.9. The molecular formula is C19H21N5O4. The summed E-state index contributed by atoms with van der Waals surface area (Å²) in [5.74, 6) is 0.864. The third kappa shape index (κ3) is 3.68. The molecule has 146 valence electrons. The van der Waals surface area contributed by atoms with Crippen molar-refractivity contribution < 1.29 is 18.8 Å². The van der Waals surface area contributed by atoms with Crippen LogP contribution in [-0.2, 0) is 16.1 Å². The molecule has 9 heteroatoms. The molecule has 28 heavy (non-hydrogen) atoms. The van der Waals surface area contributed by atoms with Crippen LogP contribution < -0.4 is 10.2 Å². The monoisotopic (exact) mass is 383 g/mol. The molecule has 0 aromatic carbocycles. The molecule has 2 saturated heterocycles. The highest BCUT2D eigenvalue weighted by Gasteiger charge is 2.40. The van der Waals surface area contributed by atoms with Crippen LogP contribution >= 0.6 is 0 Å². The lowest BCUT2D eigenvalue weighted by Gasteiger charge is -2.35. The number of amides is 4. The maximum Gasteiger partial charge on any atom is 0.325 e. The molecule has 0 radical (unpaired) electrons.